The first-order chi connectivity index (χ1) is 6.29. The van der Waals surface area contributed by atoms with E-state index in [-0.39, 0.29) is 0 Å². The second kappa shape index (κ2) is 4.81. The third-order valence-electron chi connectivity index (χ3n) is 1.75. The van der Waals surface area contributed by atoms with Crippen molar-refractivity contribution in [2.24, 2.45) is 0 Å². The normalized spacial score (nSPS) is 9.69. The molecule has 1 aromatic rings. The molecule has 5 heteroatoms. The third kappa shape index (κ3) is 2.42. The van der Waals surface area contributed by atoms with Crippen LogP contribution in [0.3, 0.4) is 0 Å². The zero-order valence-corrected chi connectivity index (χ0v) is 8.48. The predicted molar refractivity (Wildman–Crippen MR) is 52.1 cm³/mol. The predicted octanol–water partition coefficient (Wildman–Crippen LogP) is 1.21. The number of nitrogens with zero attached hydrogens (tertiary/aromatic N) is 1. The van der Waals surface area contributed by atoms with Crippen LogP contribution in [-0.2, 0) is 16.0 Å². The van der Waals surface area contributed by atoms with E-state index in [1.807, 2.05) is 14.0 Å². The summed E-state index contributed by atoms with van der Waals surface area (Å²) < 4.78 is 8.83. The number of aromatic nitrogens is 1. The van der Waals surface area contributed by atoms with Crippen LogP contribution < -0.4 is 5.32 Å². The van der Waals surface area contributed by atoms with Crippen molar-refractivity contribution in [3.05, 3.63) is 11.3 Å². The summed E-state index contributed by atoms with van der Waals surface area (Å²) in [7, 11) is 1.86. The Morgan fingerprint density at radius 2 is 2.46 bits per heavy atom. The molecule has 0 saturated carbocycles. The SMILES string of the molecule is CNc1snc(C)c1CCOC=O. The number of carbonyl (C=O) groups excluding carboxylic acids is 1. The van der Waals surface area contributed by atoms with Gasteiger partial charge in [0.05, 0.1) is 12.3 Å². The average Bonchev–Trinajstić information content (AvgIpc) is 2.48. The lowest BCUT2D eigenvalue weighted by Crippen LogP contribution is -1.99. The second-order valence-corrected chi connectivity index (χ2v) is 3.32. The van der Waals surface area contributed by atoms with Gasteiger partial charge in [0.2, 0.25) is 0 Å². The van der Waals surface area contributed by atoms with E-state index in [4.69, 9.17) is 0 Å². The van der Waals surface area contributed by atoms with E-state index in [9.17, 15) is 4.79 Å². The highest BCUT2D eigenvalue weighted by Crippen LogP contribution is 2.23. The molecule has 0 amide bonds. The molecular weight excluding hydrogens is 188 g/mol. The Morgan fingerprint density at radius 1 is 1.69 bits per heavy atom. The molecule has 0 unspecified atom stereocenters. The van der Waals surface area contributed by atoms with Gasteiger partial charge in [-0.05, 0) is 18.5 Å². The summed E-state index contributed by atoms with van der Waals surface area (Å²) in [6.45, 7) is 2.83. The molecule has 0 atom stereocenters. The Hall–Kier alpha value is -1.10. The van der Waals surface area contributed by atoms with Crippen LogP contribution in [0.4, 0.5) is 5.00 Å². The lowest BCUT2D eigenvalue weighted by atomic mass is 10.2. The van der Waals surface area contributed by atoms with Crippen molar-refractivity contribution in [2.45, 2.75) is 13.3 Å². The van der Waals surface area contributed by atoms with Crippen LogP contribution in [0.5, 0.6) is 0 Å². The fourth-order valence-corrected chi connectivity index (χ4v) is 1.88. The number of aryl methyl sites for hydroxylation is 1. The lowest BCUT2D eigenvalue weighted by Gasteiger charge is -2.01. The summed E-state index contributed by atoms with van der Waals surface area (Å²) >= 11 is 1.43. The molecule has 0 aromatic carbocycles. The molecule has 0 fully saturated rings. The lowest BCUT2D eigenvalue weighted by molar-refractivity contribution is -0.128. The minimum Gasteiger partial charge on any atom is -0.468 e. The van der Waals surface area contributed by atoms with E-state index in [0.29, 0.717) is 13.1 Å². The fraction of sp³-hybridized carbons (Fsp3) is 0.500. The van der Waals surface area contributed by atoms with Crippen molar-refractivity contribution < 1.29 is 9.53 Å². The highest BCUT2D eigenvalue weighted by molar-refractivity contribution is 7.10. The Balaban J connectivity index is 2.62. The molecule has 1 N–H and O–H groups in total. The van der Waals surface area contributed by atoms with Gasteiger partial charge in [0.25, 0.3) is 6.47 Å². The highest BCUT2D eigenvalue weighted by atomic mass is 32.1. The number of anilines is 1. The van der Waals surface area contributed by atoms with Crippen molar-refractivity contribution in [3.8, 4) is 0 Å². The molecule has 0 saturated heterocycles. The molecule has 72 valence electrons. The van der Waals surface area contributed by atoms with Gasteiger partial charge in [-0.25, -0.2) is 0 Å². The summed E-state index contributed by atoms with van der Waals surface area (Å²) in [5, 5.41) is 4.10. The zero-order chi connectivity index (χ0) is 9.68. The van der Waals surface area contributed by atoms with E-state index in [1.165, 1.54) is 11.5 Å². The maximum absolute atomic E-state index is 9.92. The molecule has 0 radical (unpaired) electrons. The molecule has 0 aliphatic heterocycles. The van der Waals surface area contributed by atoms with E-state index >= 15 is 0 Å². The highest BCUT2D eigenvalue weighted by Gasteiger charge is 2.08. The number of hydrogen-bond donors (Lipinski definition) is 1. The van der Waals surface area contributed by atoms with Gasteiger partial charge in [-0.15, -0.1) is 0 Å². The summed E-state index contributed by atoms with van der Waals surface area (Å²) in [5.41, 5.74) is 2.14. The van der Waals surface area contributed by atoms with Gasteiger partial charge in [-0.1, -0.05) is 0 Å². The van der Waals surface area contributed by atoms with Gasteiger partial charge < -0.3 is 10.1 Å². The second-order valence-electron chi connectivity index (χ2n) is 2.54. The van der Waals surface area contributed by atoms with Crippen molar-refractivity contribution in [1.29, 1.82) is 0 Å². The molecular formula is C8H12N2O2S. The largest absolute Gasteiger partial charge is 0.468 e. The maximum atomic E-state index is 9.92. The molecule has 1 aromatic heterocycles. The number of rotatable bonds is 5. The van der Waals surface area contributed by atoms with Crippen molar-refractivity contribution in [1.82, 2.24) is 4.37 Å². The fourth-order valence-electron chi connectivity index (χ4n) is 1.09. The van der Waals surface area contributed by atoms with Crippen molar-refractivity contribution in [2.75, 3.05) is 19.0 Å². The molecule has 1 heterocycles. The van der Waals surface area contributed by atoms with Crippen LogP contribution >= 0.6 is 11.5 Å². The Bertz CT molecular complexity index is 286. The first-order valence-electron chi connectivity index (χ1n) is 3.97. The van der Waals surface area contributed by atoms with Crippen molar-refractivity contribution >= 4 is 23.0 Å². The molecule has 4 nitrogen and oxygen atoms in total. The van der Waals surface area contributed by atoms with E-state index in [1.54, 1.807) is 0 Å². The van der Waals surface area contributed by atoms with Crippen LogP contribution in [0.15, 0.2) is 0 Å². The van der Waals surface area contributed by atoms with Gasteiger partial charge >= 0.3 is 0 Å². The first kappa shape index (κ1) is 9.98. The van der Waals surface area contributed by atoms with Crippen LogP contribution in [0.2, 0.25) is 0 Å². The van der Waals surface area contributed by atoms with Crippen LogP contribution in [0.25, 0.3) is 0 Å². The standard InChI is InChI=1S/C8H12N2O2S/c1-6-7(3-4-12-5-11)8(9-2)13-10-6/h5,9H,3-4H2,1-2H3. The molecule has 0 spiro atoms. The average molecular weight is 200 g/mol. The maximum Gasteiger partial charge on any atom is 0.293 e. The van der Waals surface area contributed by atoms with Gasteiger partial charge in [-0.2, -0.15) is 4.37 Å². The quantitative estimate of drug-likeness (QED) is 0.573. The molecule has 0 aliphatic carbocycles. The molecule has 1 rings (SSSR count). The van der Waals surface area contributed by atoms with Gasteiger partial charge in [0.15, 0.2) is 0 Å². The summed E-state index contributed by atoms with van der Waals surface area (Å²) in [5.74, 6) is 0. The number of nitrogens with one attached hydrogen (secondary N) is 1. The number of carbonyl (C=O) groups is 1. The third-order valence-corrected chi connectivity index (χ3v) is 2.75. The first-order valence-corrected chi connectivity index (χ1v) is 4.75. The van der Waals surface area contributed by atoms with Crippen LogP contribution in [0, 0.1) is 6.92 Å². The Kier molecular flexibility index (Phi) is 3.70. The van der Waals surface area contributed by atoms with Crippen LogP contribution in [-0.4, -0.2) is 24.5 Å². The van der Waals surface area contributed by atoms with Gasteiger partial charge in [0, 0.05) is 19.0 Å². The van der Waals surface area contributed by atoms with Gasteiger partial charge in [0.1, 0.15) is 5.00 Å². The van der Waals surface area contributed by atoms with E-state index < -0.39 is 0 Å². The minimum absolute atomic E-state index is 0.414. The molecule has 13 heavy (non-hydrogen) atoms. The van der Waals surface area contributed by atoms with Gasteiger partial charge in [-0.3, -0.25) is 4.79 Å². The van der Waals surface area contributed by atoms with E-state index in [2.05, 4.69) is 14.4 Å². The van der Waals surface area contributed by atoms with Crippen molar-refractivity contribution in [3.63, 3.8) is 0 Å². The summed E-state index contributed by atoms with van der Waals surface area (Å²) in [6, 6.07) is 0. The molecule has 0 bridgehead atoms. The summed E-state index contributed by atoms with van der Waals surface area (Å²) in [4.78, 5) is 9.92. The van der Waals surface area contributed by atoms with E-state index in [0.717, 1.165) is 22.7 Å². The minimum atomic E-state index is 0.414. The number of ether oxygens (including phenoxy) is 1. The summed E-state index contributed by atoms with van der Waals surface area (Å²) in [6.07, 6.45) is 0.719. The smallest absolute Gasteiger partial charge is 0.293 e. The monoisotopic (exact) mass is 200 g/mol. The zero-order valence-electron chi connectivity index (χ0n) is 7.66. The number of hydrogen-bond acceptors (Lipinski definition) is 5. The Morgan fingerprint density at radius 3 is 3.08 bits per heavy atom. The molecule has 0 aliphatic rings. The topological polar surface area (TPSA) is 51.2 Å². The Labute approximate surface area is 81.1 Å². The van der Waals surface area contributed by atoms with Crippen LogP contribution in [0.1, 0.15) is 11.3 Å².